The molecular formula is C18H17ClFN3O2S. The SMILES string of the molecule is Cc1cc(Cl)ccc1NS(=O)(=O)c1c(C)nn(-c2ccc(F)cc2)c1C. The van der Waals surface area contributed by atoms with Gasteiger partial charge in [-0.1, -0.05) is 11.6 Å². The van der Waals surface area contributed by atoms with Gasteiger partial charge in [-0.05, 0) is 68.8 Å². The van der Waals surface area contributed by atoms with Crippen LogP contribution in [0.4, 0.5) is 10.1 Å². The minimum Gasteiger partial charge on any atom is -0.279 e. The van der Waals surface area contributed by atoms with Crippen molar-refractivity contribution in [3.8, 4) is 5.69 Å². The summed E-state index contributed by atoms with van der Waals surface area (Å²) in [4.78, 5) is 0.0937. The molecule has 3 rings (SSSR count). The van der Waals surface area contributed by atoms with Gasteiger partial charge < -0.3 is 0 Å². The lowest BCUT2D eigenvalue weighted by Crippen LogP contribution is -2.15. The third kappa shape index (κ3) is 3.45. The lowest BCUT2D eigenvalue weighted by molar-refractivity contribution is 0.600. The maximum absolute atomic E-state index is 13.1. The first-order valence-corrected chi connectivity index (χ1v) is 9.66. The summed E-state index contributed by atoms with van der Waals surface area (Å²) in [5.74, 6) is -0.372. The summed E-state index contributed by atoms with van der Waals surface area (Å²) in [6.45, 7) is 5.05. The van der Waals surface area contributed by atoms with Crippen LogP contribution < -0.4 is 4.72 Å². The maximum Gasteiger partial charge on any atom is 0.265 e. The van der Waals surface area contributed by atoms with Crippen LogP contribution in [0.15, 0.2) is 47.4 Å². The van der Waals surface area contributed by atoms with Crippen molar-refractivity contribution in [3.05, 3.63) is 70.3 Å². The highest BCUT2D eigenvalue weighted by molar-refractivity contribution is 7.92. The predicted molar refractivity (Wildman–Crippen MR) is 100.0 cm³/mol. The number of rotatable bonds is 4. The number of aryl methyl sites for hydroxylation is 2. The molecule has 0 bridgehead atoms. The molecule has 0 fully saturated rings. The first-order valence-electron chi connectivity index (χ1n) is 7.80. The largest absolute Gasteiger partial charge is 0.279 e. The fourth-order valence-corrected chi connectivity index (χ4v) is 4.54. The van der Waals surface area contributed by atoms with E-state index in [0.29, 0.717) is 33.3 Å². The quantitative estimate of drug-likeness (QED) is 0.714. The normalized spacial score (nSPS) is 11.6. The first-order chi connectivity index (χ1) is 12.2. The Bertz CT molecular complexity index is 1080. The minimum atomic E-state index is -3.86. The fourth-order valence-electron chi connectivity index (χ4n) is 2.79. The minimum absolute atomic E-state index is 0.0937. The van der Waals surface area contributed by atoms with E-state index in [1.165, 1.54) is 16.8 Å². The van der Waals surface area contributed by atoms with E-state index in [9.17, 15) is 12.8 Å². The highest BCUT2D eigenvalue weighted by Gasteiger charge is 2.25. The van der Waals surface area contributed by atoms with Crippen molar-refractivity contribution in [2.75, 3.05) is 4.72 Å². The molecule has 0 amide bonds. The van der Waals surface area contributed by atoms with E-state index in [-0.39, 0.29) is 10.7 Å². The zero-order valence-corrected chi connectivity index (χ0v) is 16.0. The second-order valence-corrected chi connectivity index (χ2v) is 8.01. The molecule has 5 nitrogen and oxygen atoms in total. The van der Waals surface area contributed by atoms with Crippen molar-refractivity contribution in [2.24, 2.45) is 0 Å². The van der Waals surface area contributed by atoms with Crippen LogP contribution in [0.1, 0.15) is 17.0 Å². The van der Waals surface area contributed by atoms with E-state index in [2.05, 4.69) is 9.82 Å². The number of aromatic nitrogens is 2. The van der Waals surface area contributed by atoms with Crippen molar-refractivity contribution in [3.63, 3.8) is 0 Å². The summed E-state index contributed by atoms with van der Waals surface area (Å²) in [5, 5.41) is 4.84. The number of anilines is 1. The average Bonchev–Trinajstić information content (AvgIpc) is 2.86. The summed E-state index contributed by atoms with van der Waals surface area (Å²) in [6, 6.07) is 10.6. The zero-order chi connectivity index (χ0) is 19.1. The topological polar surface area (TPSA) is 64.0 Å². The monoisotopic (exact) mass is 393 g/mol. The van der Waals surface area contributed by atoms with Crippen molar-refractivity contribution in [1.29, 1.82) is 0 Å². The lowest BCUT2D eigenvalue weighted by Gasteiger charge is -2.11. The van der Waals surface area contributed by atoms with Crippen molar-refractivity contribution < 1.29 is 12.8 Å². The lowest BCUT2D eigenvalue weighted by atomic mass is 10.2. The van der Waals surface area contributed by atoms with Gasteiger partial charge >= 0.3 is 0 Å². The third-order valence-electron chi connectivity index (χ3n) is 4.00. The first kappa shape index (κ1) is 18.4. The van der Waals surface area contributed by atoms with E-state index < -0.39 is 10.0 Å². The van der Waals surface area contributed by atoms with Crippen molar-refractivity contribution in [2.45, 2.75) is 25.7 Å². The van der Waals surface area contributed by atoms with Crippen LogP contribution in [-0.2, 0) is 10.0 Å². The van der Waals surface area contributed by atoms with E-state index in [1.54, 1.807) is 51.1 Å². The summed E-state index contributed by atoms with van der Waals surface area (Å²) in [5.41, 5.74) is 2.53. The van der Waals surface area contributed by atoms with Gasteiger partial charge in [-0.2, -0.15) is 5.10 Å². The molecule has 136 valence electrons. The third-order valence-corrected chi connectivity index (χ3v) is 5.85. The predicted octanol–water partition coefficient (Wildman–Crippen LogP) is 4.39. The number of hydrogen-bond acceptors (Lipinski definition) is 3. The van der Waals surface area contributed by atoms with Gasteiger partial charge in [0.15, 0.2) is 0 Å². The van der Waals surface area contributed by atoms with Gasteiger partial charge in [-0.15, -0.1) is 0 Å². The number of hydrogen-bond donors (Lipinski definition) is 1. The Morgan fingerprint density at radius 1 is 1.08 bits per heavy atom. The molecule has 1 heterocycles. The summed E-state index contributed by atoms with van der Waals surface area (Å²) in [7, 11) is -3.86. The number of benzene rings is 2. The summed E-state index contributed by atoms with van der Waals surface area (Å²) < 4.78 is 43.1. The van der Waals surface area contributed by atoms with Gasteiger partial charge in [0.2, 0.25) is 0 Å². The molecule has 0 spiro atoms. The molecule has 0 atom stereocenters. The van der Waals surface area contributed by atoms with E-state index in [0.717, 1.165) is 0 Å². The number of nitrogens with one attached hydrogen (secondary N) is 1. The molecule has 0 aliphatic carbocycles. The summed E-state index contributed by atoms with van der Waals surface area (Å²) in [6.07, 6.45) is 0. The Morgan fingerprint density at radius 2 is 1.73 bits per heavy atom. The molecule has 3 aromatic rings. The zero-order valence-electron chi connectivity index (χ0n) is 14.4. The Hall–Kier alpha value is -2.38. The van der Waals surface area contributed by atoms with Crippen LogP contribution >= 0.6 is 11.6 Å². The van der Waals surface area contributed by atoms with Gasteiger partial charge in [-0.3, -0.25) is 4.72 Å². The molecule has 0 saturated carbocycles. The standard InChI is InChI=1S/C18H17ClFN3O2S/c1-11-10-14(19)4-9-17(11)22-26(24,25)18-12(2)21-23(13(18)3)16-7-5-15(20)6-8-16/h4-10,22H,1-3H3. The van der Waals surface area contributed by atoms with Crippen molar-refractivity contribution >= 4 is 27.3 Å². The molecule has 2 aromatic carbocycles. The highest BCUT2D eigenvalue weighted by Crippen LogP contribution is 2.27. The van der Waals surface area contributed by atoms with Crippen LogP contribution in [0.2, 0.25) is 5.02 Å². The van der Waals surface area contributed by atoms with Crippen LogP contribution in [0.5, 0.6) is 0 Å². The Kier molecular flexibility index (Phi) is 4.77. The molecule has 0 aliphatic rings. The van der Waals surface area contributed by atoms with E-state index >= 15 is 0 Å². The molecule has 0 saturated heterocycles. The van der Waals surface area contributed by atoms with Gasteiger partial charge in [0.25, 0.3) is 10.0 Å². The average molecular weight is 394 g/mol. The molecule has 8 heteroatoms. The second-order valence-electron chi connectivity index (χ2n) is 5.95. The Morgan fingerprint density at radius 3 is 2.35 bits per heavy atom. The highest BCUT2D eigenvalue weighted by atomic mass is 35.5. The molecular weight excluding hydrogens is 377 g/mol. The van der Waals surface area contributed by atoms with Crippen LogP contribution in [0, 0.1) is 26.6 Å². The number of halogens is 2. The Labute approximate surface area is 156 Å². The molecule has 0 aliphatic heterocycles. The van der Waals surface area contributed by atoms with E-state index in [1.807, 2.05) is 0 Å². The van der Waals surface area contributed by atoms with Crippen LogP contribution in [-0.4, -0.2) is 18.2 Å². The van der Waals surface area contributed by atoms with E-state index in [4.69, 9.17) is 11.6 Å². The van der Waals surface area contributed by atoms with Crippen LogP contribution in [0.3, 0.4) is 0 Å². The van der Waals surface area contributed by atoms with Crippen LogP contribution in [0.25, 0.3) is 5.69 Å². The fraction of sp³-hybridized carbons (Fsp3) is 0.167. The second kappa shape index (κ2) is 6.74. The van der Waals surface area contributed by atoms with Gasteiger partial charge in [0.05, 0.1) is 22.8 Å². The molecule has 1 N–H and O–H groups in total. The maximum atomic E-state index is 13.1. The molecule has 1 aromatic heterocycles. The summed E-state index contributed by atoms with van der Waals surface area (Å²) >= 11 is 5.92. The van der Waals surface area contributed by atoms with Gasteiger partial charge in [0.1, 0.15) is 10.7 Å². The van der Waals surface area contributed by atoms with Gasteiger partial charge in [0, 0.05) is 5.02 Å². The number of nitrogens with zero attached hydrogens (tertiary/aromatic N) is 2. The molecule has 26 heavy (non-hydrogen) atoms. The van der Waals surface area contributed by atoms with Gasteiger partial charge in [-0.25, -0.2) is 17.5 Å². The smallest absolute Gasteiger partial charge is 0.265 e. The Balaban J connectivity index is 2.04. The number of sulfonamides is 1. The molecule has 0 radical (unpaired) electrons. The van der Waals surface area contributed by atoms with Crippen molar-refractivity contribution in [1.82, 2.24) is 9.78 Å². The molecule has 0 unspecified atom stereocenters.